The van der Waals surface area contributed by atoms with E-state index in [2.05, 4.69) is 4.90 Å². The van der Waals surface area contributed by atoms with Gasteiger partial charge in [-0.15, -0.1) is 0 Å². The van der Waals surface area contributed by atoms with E-state index < -0.39 is 0 Å². The van der Waals surface area contributed by atoms with Crippen LogP contribution in [-0.2, 0) is 4.74 Å². The molecule has 0 spiro atoms. The van der Waals surface area contributed by atoms with Gasteiger partial charge in [-0.25, -0.2) is 4.79 Å². The summed E-state index contributed by atoms with van der Waals surface area (Å²) >= 11 is 0. The molecule has 164 valence electrons. The quantitative estimate of drug-likeness (QED) is 0.416. The highest BCUT2D eigenvalue weighted by atomic mass is 16.5. The second-order valence-electron chi connectivity index (χ2n) is 7.59. The molecule has 31 heavy (non-hydrogen) atoms. The molecule has 7 N–H and O–H groups in total. The van der Waals surface area contributed by atoms with E-state index in [0.29, 0.717) is 29.1 Å². The summed E-state index contributed by atoms with van der Waals surface area (Å²) in [5, 5.41) is 10.1. The zero-order valence-electron chi connectivity index (χ0n) is 17.8. The molecule has 1 unspecified atom stereocenters. The molecule has 0 radical (unpaired) electrons. The van der Waals surface area contributed by atoms with Crippen LogP contribution in [-0.4, -0.2) is 35.7 Å². The molecule has 1 fully saturated rings. The number of phenols is 1. The van der Waals surface area contributed by atoms with Gasteiger partial charge in [0, 0.05) is 30.3 Å². The molecule has 1 heterocycles. The van der Waals surface area contributed by atoms with Crippen LogP contribution >= 0.6 is 0 Å². The summed E-state index contributed by atoms with van der Waals surface area (Å²) in [4.78, 5) is 14.0. The monoisotopic (exact) mass is 422 g/mol. The first-order valence-corrected chi connectivity index (χ1v) is 10.4. The summed E-state index contributed by atoms with van der Waals surface area (Å²) in [6.45, 7) is 3.66. The summed E-state index contributed by atoms with van der Waals surface area (Å²) in [6.07, 6.45) is 3.70. The molecule has 0 aromatic heterocycles. The third-order valence-corrected chi connectivity index (χ3v) is 5.46. The van der Waals surface area contributed by atoms with E-state index in [1.165, 1.54) is 0 Å². The summed E-state index contributed by atoms with van der Waals surface area (Å²) in [5.41, 5.74) is 21.5. The number of nitrogens with zero attached hydrogens (tertiary/aromatic N) is 1. The van der Waals surface area contributed by atoms with Crippen molar-refractivity contribution in [2.75, 3.05) is 19.7 Å². The lowest BCUT2D eigenvalue weighted by atomic mass is 9.89. The number of esters is 1. The van der Waals surface area contributed by atoms with Crippen LogP contribution in [0.4, 0.5) is 0 Å². The minimum absolute atomic E-state index is 0.101. The predicted octanol–water partition coefficient (Wildman–Crippen LogP) is 2.83. The Morgan fingerprint density at radius 2 is 1.87 bits per heavy atom. The number of para-hydroxylation sites is 1. The SMILES string of the molecule is CCOC(=O)c1ccc(C2CCCN(C(/C=C(\N)c3ccccc3O)=C(N)N)C2)cc1. The minimum Gasteiger partial charge on any atom is -0.507 e. The Kier molecular flexibility index (Phi) is 7.07. The van der Waals surface area contributed by atoms with Gasteiger partial charge in [0.25, 0.3) is 0 Å². The third-order valence-electron chi connectivity index (χ3n) is 5.46. The number of carbonyl (C=O) groups is 1. The highest BCUT2D eigenvalue weighted by molar-refractivity contribution is 5.89. The van der Waals surface area contributed by atoms with Gasteiger partial charge in [-0.1, -0.05) is 24.3 Å². The lowest BCUT2D eigenvalue weighted by Gasteiger charge is -2.35. The van der Waals surface area contributed by atoms with E-state index in [1.54, 1.807) is 43.3 Å². The molecule has 1 saturated heterocycles. The standard InChI is InChI=1S/C24H30N4O3/c1-2-31-24(30)17-11-9-16(10-12-17)18-6-5-13-28(15-18)21(23(26)27)14-20(25)19-7-3-4-8-22(19)29/h3-4,7-12,14,18,29H,2,5-6,13,15,25-27H2,1H3/b20-14-. The predicted molar refractivity (Wildman–Crippen MR) is 122 cm³/mol. The van der Waals surface area contributed by atoms with E-state index in [-0.39, 0.29) is 23.5 Å². The highest BCUT2D eigenvalue weighted by Gasteiger charge is 2.24. The Hall–Kier alpha value is -3.61. The zero-order chi connectivity index (χ0) is 22.4. The molecule has 7 heteroatoms. The number of rotatable bonds is 6. The van der Waals surface area contributed by atoms with Crippen LogP contribution in [0.5, 0.6) is 5.75 Å². The van der Waals surface area contributed by atoms with Gasteiger partial charge >= 0.3 is 5.97 Å². The van der Waals surface area contributed by atoms with Gasteiger partial charge < -0.3 is 31.9 Å². The zero-order valence-corrected chi connectivity index (χ0v) is 17.8. The number of phenolic OH excluding ortho intramolecular Hbond substituents is 1. The molecular weight excluding hydrogens is 392 g/mol. The van der Waals surface area contributed by atoms with Crippen LogP contribution in [0, 0.1) is 0 Å². The van der Waals surface area contributed by atoms with Gasteiger partial charge in [-0.2, -0.15) is 0 Å². The van der Waals surface area contributed by atoms with Gasteiger partial charge in [0.1, 0.15) is 11.6 Å². The summed E-state index contributed by atoms with van der Waals surface area (Å²) in [7, 11) is 0. The Balaban J connectivity index is 1.79. The lowest BCUT2D eigenvalue weighted by molar-refractivity contribution is 0.0526. The maximum atomic E-state index is 11.9. The summed E-state index contributed by atoms with van der Waals surface area (Å²) in [5.74, 6) is 0.227. The van der Waals surface area contributed by atoms with Crippen LogP contribution in [0.25, 0.3) is 5.70 Å². The van der Waals surface area contributed by atoms with E-state index in [1.807, 2.05) is 18.2 Å². The van der Waals surface area contributed by atoms with E-state index in [9.17, 15) is 9.90 Å². The Morgan fingerprint density at radius 1 is 1.16 bits per heavy atom. The van der Waals surface area contributed by atoms with Crippen molar-refractivity contribution < 1.29 is 14.6 Å². The van der Waals surface area contributed by atoms with Crippen molar-refractivity contribution in [3.8, 4) is 5.75 Å². The molecule has 0 saturated carbocycles. The van der Waals surface area contributed by atoms with Gasteiger partial charge in [0.2, 0.25) is 0 Å². The molecule has 0 amide bonds. The largest absolute Gasteiger partial charge is 0.507 e. The summed E-state index contributed by atoms with van der Waals surface area (Å²) in [6, 6.07) is 14.4. The molecule has 2 aromatic rings. The fraction of sp³-hybridized carbons (Fsp3) is 0.292. The first kappa shape index (κ1) is 22.1. The highest BCUT2D eigenvalue weighted by Crippen LogP contribution is 2.31. The van der Waals surface area contributed by atoms with Crippen LogP contribution in [0.1, 0.15) is 47.2 Å². The number of allylic oxidation sites excluding steroid dienone is 1. The van der Waals surface area contributed by atoms with Crippen molar-refractivity contribution in [3.63, 3.8) is 0 Å². The van der Waals surface area contributed by atoms with E-state index >= 15 is 0 Å². The van der Waals surface area contributed by atoms with Crippen LogP contribution in [0.3, 0.4) is 0 Å². The third kappa shape index (κ3) is 5.31. The number of carbonyl (C=O) groups excluding carboxylic acids is 1. The van der Waals surface area contributed by atoms with Crippen molar-refractivity contribution in [2.24, 2.45) is 17.2 Å². The second kappa shape index (κ2) is 9.93. The number of hydrogen-bond acceptors (Lipinski definition) is 7. The van der Waals surface area contributed by atoms with Gasteiger partial charge in [0.05, 0.1) is 17.9 Å². The number of piperidine rings is 1. The Morgan fingerprint density at radius 3 is 2.52 bits per heavy atom. The Bertz CT molecular complexity index is 979. The molecular formula is C24H30N4O3. The average molecular weight is 423 g/mol. The maximum Gasteiger partial charge on any atom is 0.338 e. The molecule has 7 nitrogen and oxygen atoms in total. The van der Waals surface area contributed by atoms with Crippen molar-refractivity contribution in [2.45, 2.75) is 25.7 Å². The normalized spacial score (nSPS) is 16.6. The number of likely N-dealkylation sites (tertiary alicyclic amines) is 1. The fourth-order valence-electron chi connectivity index (χ4n) is 3.87. The number of nitrogens with two attached hydrogens (primary N) is 3. The smallest absolute Gasteiger partial charge is 0.338 e. The first-order valence-electron chi connectivity index (χ1n) is 10.4. The number of hydrogen-bond donors (Lipinski definition) is 4. The first-order chi connectivity index (χ1) is 14.9. The molecule has 3 rings (SSSR count). The van der Waals surface area contributed by atoms with Gasteiger partial charge in [0.15, 0.2) is 0 Å². The fourth-order valence-corrected chi connectivity index (χ4v) is 3.87. The molecule has 1 atom stereocenters. The van der Waals surface area contributed by atoms with Crippen molar-refractivity contribution in [3.05, 3.63) is 82.8 Å². The average Bonchev–Trinajstić information content (AvgIpc) is 2.78. The maximum absolute atomic E-state index is 11.9. The summed E-state index contributed by atoms with van der Waals surface area (Å²) < 4.78 is 5.05. The minimum atomic E-state index is -0.315. The number of benzene rings is 2. The van der Waals surface area contributed by atoms with E-state index in [4.69, 9.17) is 21.9 Å². The van der Waals surface area contributed by atoms with Gasteiger partial charge in [-0.05, 0) is 55.7 Å². The van der Waals surface area contributed by atoms with Crippen LogP contribution in [0.2, 0.25) is 0 Å². The number of ether oxygens (including phenoxy) is 1. The van der Waals surface area contributed by atoms with Crippen LogP contribution in [0.15, 0.2) is 66.1 Å². The molecule has 1 aliphatic heterocycles. The molecule has 2 aromatic carbocycles. The molecule has 0 aliphatic carbocycles. The molecule has 0 bridgehead atoms. The van der Waals surface area contributed by atoms with E-state index in [0.717, 1.165) is 31.5 Å². The lowest BCUT2D eigenvalue weighted by Crippen LogP contribution is -2.36. The van der Waals surface area contributed by atoms with Crippen molar-refractivity contribution in [1.82, 2.24) is 4.90 Å². The second-order valence-corrected chi connectivity index (χ2v) is 7.59. The number of aromatic hydroxyl groups is 1. The van der Waals surface area contributed by atoms with Gasteiger partial charge in [-0.3, -0.25) is 0 Å². The van der Waals surface area contributed by atoms with Crippen molar-refractivity contribution in [1.29, 1.82) is 0 Å². The topological polar surface area (TPSA) is 128 Å². The molecule has 1 aliphatic rings. The van der Waals surface area contributed by atoms with Crippen LogP contribution < -0.4 is 17.2 Å². The van der Waals surface area contributed by atoms with Crippen molar-refractivity contribution >= 4 is 11.7 Å². The Labute approximate surface area is 182 Å².